The summed E-state index contributed by atoms with van der Waals surface area (Å²) in [6.07, 6.45) is 8.06. The Hall–Kier alpha value is -2.96. The lowest BCUT2D eigenvalue weighted by Crippen LogP contribution is -2.25. The zero-order valence-electron chi connectivity index (χ0n) is 15.0. The van der Waals surface area contributed by atoms with Crippen LogP contribution in [-0.4, -0.2) is 39.6 Å². The maximum atomic E-state index is 12.2. The van der Waals surface area contributed by atoms with Crippen molar-refractivity contribution < 1.29 is 9.18 Å². The summed E-state index contributed by atoms with van der Waals surface area (Å²) < 4.78 is 13.6. The third-order valence-electron chi connectivity index (χ3n) is 4.67. The number of aromatic nitrogens is 3. The van der Waals surface area contributed by atoms with Gasteiger partial charge in [-0.05, 0) is 43.9 Å². The quantitative estimate of drug-likeness (QED) is 0.773. The number of rotatable bonds is 3. The highest BCUT2D eigenvalue weighted by Crippen LogP contribution is 2.22. The average Bonchev–Trinajstić information content (AvgIpc) is 3.18. The van der Waals surface area contributed by atoms with Gasteiger partial charge in [-0.2, -0.15) is 5.10 Å². The van der Waals surface area contributed by atoms with E-state index in [4.69, 9.17) is 0 Å². The number of nitrogens with zero attached hydrogens (tertiary/aromatic N) is 4. The van der Waals surface area contributed by atoms with Crippen LogP contribution in [-0.2, 0) is 0 Å². The number of amides is 1. The number of nitrogens with one attached hydrogen (secondary N) is 1. The molecule has 1 saturated heterocycles. The molecule has 1 N–H and O–H groups in total. The van der Waals surface area contributed by atoms with Crippen molar-refractivity contribution in [2.45, 2.75) is 31.7 Å². The van der Waals surface area contributed by atoms with Crippen LogP contribution in [0.25, 0.3) is 5.65 Å². The summed E-state index contributed by atoms with van der Waals surface area (Å²) in [6.45, 7) is 2.09. The lowest BCUT2D eigenvalue weighted by molar-refractivity contribution is 0.0952. The molecule has 2 aliphatic rings. The van der Waals surface area contributed by atoms with Crippen LogP contribution in [0.5, 0.6) is 0 Å². The number of anilines is 1. The standard InChI is InChI=1S/C14H17N5O.C6H5F/c20-14(16-10-3-4-10)11-9-15-19-8-5-12(17-13(11)19)18-6-1-2-7-18;7-6-4-2-1-3-5-6/h5,8-10H,1-4,6-7H2,(H,16,20);1-5H. The van der Waals surface area contributed by atoms with Gasteiger partial charge in [-0.25, -0.2) is 13.9 Å². The minimum Gasteiger partial charge on any atom is -0.357 e. The van der Waals surface area contributed by atoms with E-state index in [-0.39, 0.29) is 11.7 Å². The summed E-state index contributed by atoms with van der Waals surface area (Å²) in [4.78, 5) is 19.1. The molecule has 0 radical (unpaired) electrons. The monoisotopic (exact) mass is 367 g/mol. The minimum atomic E-state index is -0.178. The SMILES string of the molecule is Fc1ccccc1.O=C(NC1CC1)c1cnn2ccc(N3CCCC3)nc12. The molecule has 1 amide bonds. The number of hydrogen-bond acceptors (Lipinski definition) is 4. The Morgan fingerprint density at radius 1 is 1.11 bits per heavy atom. The fraction of sp³-hybridized carbons (Fsp3) is 0.350. The van der Waals surface area contributed by atoms with E-state index < -0.39 is 0 Å². The highest BCUT2D eigenvalue weighted by molar-refractivity contribution is 6.00. The normalized spacial score (nSPS) is 16.1. The number of carbonyl (C=O) groups excluding carboxylic acids is 1. The first-order valence-corrected chi connectivity index (χ1v) is 9.31. The molecule has 1 saturated carbocycles. The minimum absolute atomic E-state index is 0.0615. The molecular weight excluding hydrogens is 345 g/mol. The third-order valence-corrected chi connectivity index (χ3v) is 4.67. The lowest BCUT2D eigenvalue weighted by Gasteiger charge is -2.16. The molecule has 0 atom stereocenters. The van der Waals surface area contributed by atoms with Crippen LogP contribution in [0.2, 0.25) is 0 Å². The molecule has 0 bridgehead atoms. The maximum absolute atomic E-state index is 12.2. The third kappa shape index (κ3) is 4.24. The van der Waals surface area contributed by atoms with Gasteiger partial charge in [-0.1, -0.05) is 18.2 Å². The van der Waals surface area contributed by atoms with Gasteiger partial charge in [0.05, 0.1) is 6.20 Å². The molecule has 0 spiro atoms. The van der Waals surface area contributed by atoms with Crippen LogP contribution in [0.15, 0.2) is 48.8 Å². The van der Waals surface area contributed by atoms with Gasteiger partial charge < -0.3 is 10.2 Å². The van der Waals surface area contributed by atoms with E-state index in [1.807, 2.05) is 12.3 Å². The summed E-state index contributed by atoms with van der Waals surface area (Å²) >= 11 is 0. The molecule has 3 heterocycles. The molecule has 1 aliphatic heterocycles. The Morgan fingerprint density at radius 3 is 2.48 bits per heavy atom. The molecule has 3 aromatic rings. The summed E-state index contributed by atoms with van der Waals surface area (Å²) in [7, 11) is 0. The number of halogens is 1. The molecule has 7 heteroatoms. The second kappa shape index (κ2) is 7.73. The fourth-order valence-electron chi connectivity index (χ4n) is 3.05. The van der Waals surface area contributed by atoms with Gasteiger partial charge in [0.1, 0.15) is 17.2 Å². The second-order valence-electron chi connectivity index (χ2n) is 6.85. The molecule has 6 nitrogen and oxygen atoms in total. The van der Waals surface area contributed by atoms with Crippen LogP contribution in [0, 0.1) is 5.82 Å². The average molecular weight is 367 g/mol. The fourth-order valence-corrected chi connectivity index (χ4v) is 3.05. The topological polar surface area (TPSA) is 62.5 Å². The molecule has 1 aromatic carbocycles. The Labute approximate surface area is 157 Å². The summed E-state index contributed by atoms with van der Waals surface area (Å²) in [6, 6.07) is 10.3. The van der Waals surface area contributed by atoms with E-state index in [2.05, 4.69) is 20.3 Å². The molecule has 5 rings (SSSR count). The van der Waals surface area contributed by atoms with E-state index in [1.165, 1.54) is 25.0 Å². The zero-order chi connectivity index (χ0) is 18.6. The number of carbonyl (C=O) groups is 1. The zero-order valence-corrected chi connectivity index (χ0v) is 15.0. The van der Waals surface area contributed by atoms with E-state index in [9.17, 15) is 9.18 Å². The van der Waals surface area contributed by atoms with Gasteiger partial charge in [-0.15, -0.1) is 0 Å². The molecule has 0 unspecified atom stereocenters. The van der Waals surface area contributed by atoms with Gasteiger partial charge in [0.15, 0.2) is 5.65 Å². The van der Waals surface area contributed by atoms with Crippen LogP contribution < -0.4 is 10.2 Å². The molecule has 27 heavy (non-hydrogen) atoms. The highest BCUT2D eigenvalue weighted by Gasteiger charge is 2.26. The van der Waals surface area contributed by atoms with Gasteiger partial charge in [0.2, 0.25) is 0 Å². The van der Waals surface area contributed by atoms with E-state index >= 15 is 0 Å². The Bertz CT molecular complexity index is 917. The van der Waals surface area contributed by atoms with Crippen molar-refractivity contribution >= 4 is 17.4 Å². The number of benzene rings is 1. The van der Waals surface area contributed by atoms with Gasteiger partial charge in [0.25, 0.3) is 5.91 Å². The summed E-state index contributed by atoms with van der Waals surface area (Å²) in [5.41, 5.74) is 1.21. The molecule has 2 aromatic heterocycles. The molecule has 140 valence electrons. The van der Waals surface area contributed by atoms with Gasteiger partial charge in [-0.3, -0.25) is 4.79 Å². The lowest BCUT2D eigenvalue weighted by atomic mass is 10.3. The first-order chi connectivity index (χ1) is 13.2. The first kappa shape index (κ1) is 17.5. The van der Waals surface area contributed by atoms with Crippen LogP contribution >= 0.6 is 0 Å². The Balaban J connectivity index is 0.000000218. The smallest absolute Gasteiger partial charge is 0.256 e. The van der Waals surface area contributed by atoms with Crippen molar-refractivity contribution in [3.8, 4) is 0 Å². The Kier molecular flexibility index (Phi) is 5.00. The van der Waals surface area contributed by atoms with Crippen molar-refractivity contribution in [2.24, 2.45) is 0 Å². The highest BCUT2D eigenvalue weighted by atomic mass is 19.1. The predicted molar refractivity (Wildman–Crippen MR) is 101 cm³/mol. The van der Waals surface area contributed by atoms with Crippen LogP contribution in [0.4, 0.5) is 10.2 Å². The number of hydrogen-bond donors (Lipinski definition) is 1. The van der Waals surface area contributed by atoms with Gasteiger partial charge in [0, 0.05) is 25.3 Å². The van der Waals surface area contributed by atoms with Crippen molar-refractivity contribution in [2.75, 3.05) is 18.0 Å². The van der Waals surface area contributed by atoms with E-state index in [1.54, 1.807) is 28.9 Å². The summed E-state index contributed by atoms with van der Waals surface area (Å²) in [5, 5.41) is 7.20. The van der Waals surface area contributed by atoms with Crippen molar-refractivity contribution in [1.29, 1.82) is 0 Å². The summed E-state index contributed by atoms with van der Waals surface area (Å²) in [5.74, 6) is 0.701. The first-order valence-electron chi connectivity index (χ1n) is 9.31. The Morgan fingerprint density at radius 2 is 1.85 bits per heavy atom. The number of fused-ring (bicyclic) bond motifs is 1. The van der Waals surface area contributed by atoms with Crippen molar-refractivity contribution in [3.05, 3.63) is 60.2 Å². The largest absolute Gasteiger partial charge is 0.357 e. The second-order valence-corrected chi connectivity index (χ2v) is 6.85. The molecular formula is C20H22FN5O. The van der Waals surface area contributed by atoms with Gasteiger partial charge >= 0.3 is 0 Å². The van der Waals surface area contributed by atoms with Crippen LogP contribution in [0.1, 0.15) is 36.0 Å². The molecule has 2 fully saturated rings. The van der Waals surface area contributed by atoms with Crippen molar-refractivity contribution in [3.63, 3.8) is 0 Å². The van der Waals surface area contributed by atoms with E-state index in [0.29, 0.717) is 17.3 Å². The molecule has 1 aliphatic carbocycles. The van der Waals surface area contributed by atoms with E-state index in [0.717, 1.165) is 31.7 Å². The van der Waals surface area contributed by atoms with Crippen LogP contribution in [0.3, 0.4) is 0 Å². The van der Waals surface area contributed by atoms with Crippen molar-refractivity contribution in [1.82, 2.24) is 19.9 Å². The predicted octanol–water partition coefficient (Wildman–Crippen LogP) is 3.05. The maximum Gasteiger partial charge on any atom is 0.256 e.